The Morgan fingerprint density at radius 1 is 1.53 bits per heavy atom. The molecule has 0 aromatic heterocycles. The molecule has 0 bridgehead atoms. The van der Waals surface area contributed by atoms with E-state index in [0.717, 1.165) is 24.5 Å². The molecule has 1 fully saturated rings. The van der Waals surface area contributed by atoms with E-state index in [0.29, 0.717) is 0 Å². The van der Waals surface area contributed by atoms with Crippen LogP contribution >= 0.6 is 0 Å². The van der Waals surface area contributed by atoms with Crippen molar-refractivity contribution in [1.82, 2.24) is 10.2 Å². The highest BCUT2D eigenvalue weighted by molar-refractivity contribution is 5.93. The maximum Gasteiger partial charge on any atom is 0.122 e. The van der Waals surface area contributed by atoms with Gasteiger partial charge in [-0.05, 0) is 26.8 Å². The molecule has 4 N–H and O–H groups in total. The lowest BCUT2D eigenvalue weighted by Gasteiger charge is -2.45. The van der Waals surface area contributed by atoms with Gasteiger partial charge in [-0.1, -0.05) is 6.08 Å². The van der Waals surface area contributed by atoms with E-state index in [2.05, 4.69) is 29.1 Å². The maximum absolute atomic E-state index is 7.45. The van der Waals surface area contributed by atoms with Gasteiger partial charge in [0, 0.05) is 43.7 Å². The zero-order chi connectivity index (χ0) is 14.5. The third-order valence-electron chi connectivity index (χ3n) is 3.18. The summed E-state index contributed by atoms with van der Waals surface area (Å²) in [4.78, 5) is 6.56. The molecule has 0 saturated carbocycles. The number of aliphatic imine (C=N–C) groups is 1. The van der Waals surface area contributed by atoms with Gasteiger partial charge in [-0.2, -0.15) is 0 Å². The van der Waals surface area contributed by atoms with Crippen LogP contribution in [0.5, 0.6) is 0 Å². The lowest BCUT2D eigenvalue weighted by Crippen LogP contribution is -2.63. The highest BCUT2D eigenvalue weighted by atomic mass is 15.3. The fourth-order valence-electron chi connectivity index (χ4n) is 2.42. The lowest BCUT2D eigenvalue weighted by molar-refractivity contribution is 0.195. The molecule has 0 amide bonds. The summed E-state index contributed by atoms with van der Waals surface area (Å²) in [5.74, 6) is 0.962. The molecule has 1 heterocycles. The molecule has 0 aromatic rings. The summed E-state index contributed by atoms with van der Waals surface area (Å²) in [5.41, 5.74) is 6.34. The summed E-state index contributed by atoms with van der Waals surface area (Å²) < 4.78 is 0. The second kappa shape index (κ2) is 6.52. The Balaban J connectivity index is 3.00. The number of rotatable bonds is 3. The number of piperazine rings is 1. The Morgan fingerprint density at radius 3 is 2.68 bits per heavy atom. The highest BCUT2D eigenvalue weighted by Crippen LogP contribution is 2.18. The molecule has 0 spiro atoms. The topological polar surface area (TPSA) is 77.5 Å². The largest absolute Gasteiger partial charge is 0.404 e. The molecule has 5 heteroatoms. The average molecular weight is 263 g/mol. The van der Waals surface area contributed by atoms with Crippen LogP contribution in [0, 0.1) is 5.41 Å². The van der Waals surface area contributed by atoms with Crippen LogP contribution < -0.4 is 11.1 Å². The Hall–Kier alpha value is -1.62. The number of nitrogens with one attached hydrogen (secondary N) is 2. The number of hydrogen-bond donors (Lipinski definition) is 3. The molecule has 19 heavy (non-hydrogen) atoms. The molecular formula is C14H25N5. The van der Waals surface area contributed by atoms with Gasteiger partial charge in [0.1, 0.15) is 5.84 Å². The first-order chi connectivity index (χ1) is 8.97. The number of nitrogens with zero attached hydrogens (tertiary/aromatic N) is 2. The summed E-state index contributed by atoms with van der Waals surface area (Å²) in [5, 5.41) is 11.0. The van der Waals surface area contributed by atoms with Crippen LogP contribution in [0.15, 0.2) is 28.9 Å². The van der Waals surface area contributed by atoms with Crippen LogP contribution in [0.2, 0.25) is 0 Å². The minimum Gasteiger partial charge on any atom is -0.404 e. The fraction of sp³-hybridized carbons (Fsp3) is 0.571. The van der Waals surface area contributed by atoms with Gasteiger partial charge >= 0.3 is 0 Å². The molecule has 5 nitrogen and oxygen atoms in total. The van der Waals surface area contributed by atoms with Crippen molar-refractivity contribution in [1.29, 1.82) is 5.41 Å². The maximum atomic E-state index is 7.45. The van der Waals surface area contributed by atoms with Gasteiger partial charge in [0.2, 0.25) is 0 Å². The van der Waals surface area contributed by atoms with Gasteiger partial charge in [0.15, 0.2) is 0 Å². The van der Waals surface area contributed by atoms with Crippen molar-refractivity contribution < 1.29 is 0 Å². The molecule has 1 rings (SSSR count). The minimum absolute atomic E-state index is 0.0493. The first kappa shape index (κ1) is 15.4. The summed E-state index contributed by atoms with van der Waals surface area (Å²) in [6, 6.07) is 0.0493. The molecule has 0 aliphatic carbocycles. The van der Waals surface area contributed by atoms with Crippen LogP contribution in [-0.2, 0) is 0 Å². The first-order valence-corrected chi connectivity index (χ1v) is 6.51. The average Bonchev–Trinajstić information content (AvgIpc) is 2.35. The third-order valence-corrected chi connectivity index (χ3v) is 3.18. The monoisotopic (exact) mass is 263 g/mol. The minimum atomic E-state index is -0.0578. The Labute approximate surface area is 115 Å². The second-order valence-corrected chi connectivity index (χ2v) is 5.35. The van der Waals surface area contributed by atoms with Crippen molar-refractivity contribution in [3.63, 3.8) is 0 Å². The van der Waals surface area contributed by atoms with E-state index >= 15 is 0 Å². The van der Waals surface area contributed by atoms with Gasteiger partial charge in [-0.15, -0.1) is 0 Å². The van der Waals surface area contributed by atoms with Crippen molar-refractivity contribution in [2.24, 2.45) is 10.7 Å². The van der Waals surface area contributed by atoms with Crippen LogP contribution in [0.3, 0.4) is 0 Å². The summed E-state index contributed by atoms with van der Waals surface area (Å²) in [6.45, 7) is 7.91. The van der Waals surface area contributed by atoms with E-state index in [1.54, 1.807) is 7.05 Å². The summed E-state index contributed by atoms with van der Waals surface area (Å²) in [7, 11) is 1.80. The number of nitrogens with two attached hydrogens (primary N) is 1. The van der Waals surface area contributed by atoms with Gasteiger partial charge in [0.05, 0.1) is 6.04 Å². The summed E-state index contributed by atoms with van der Waals surface area (Å²) in [6.07, 6.45) is 6.82. The molecule has 1 saturated heterocycles. The van der Waals surface area contributed by atoms with Crippen molar-refractivity contribution in [2.45, 2.75) is 32.4 Å². The van der Waals surface area contributed by atoms with E-state index in [1.807, 2.05) is 19.1 Å². The fourth-order valence-corrected chi connectivity index (χ4v) is 2.42. The predicted octanol–water partition coefficient (Wildman–Crippen LogP) is 1.14. The number of amidine groups is 1. The molecule has 1 aliphatic rings. The highest BCUT2D eigenvalue weighted by Gasteiger charge is 2.33. The normalized spacial score (nSPS) is 24.8. The van der Waals surface area contributed by atoms with Gasteiger partial charge in [0.25, 0.3) is 0 Å². The van der Waals surface area contributed by atoms with Crippen molar-refractivity contribution in [3.05, 3.63) is 23.9 Å². The quantitative estimate of drug-likeness (QED) is 0.528. The smallest absolute Gasteiger partial charge is 0.122 e. The van der Waals surface area contributed by atoms with E-state index < -0.39 is 0 Å². The molecule has 1 aliphatic heterocycles. The molecular weight excluding hydrogens is 238 g/mol. The van der Waals surface area contributed by atoms with Crippen LogP contribution in [0.1, 0.15) is 20.8 Å². The molecule has 106 valence electrons. The Kier molecular flexibility index (Phi) is 5.30. The SMILES string of the molecule is C/C=C\C(=NC)N1CC(/C(C=N)=C/N)NC(C)(C)C1. The molecule has 1 unspecified atom stereocenters. The van der Waals surface area contributed by atoms with Crippen LogP contribution in [0.4, 0.5) is 0 Å². The number of allylic oxidation sites excluding steroid dienone is 1. The van der Waals surface area contributed by atoms with E-state index in [4.69, 9.17) is 11.1 Å². The molecule has 0 aromatic carbocycles. The number of hydrogen-bond acceptors (Lipinski definition) is 4. The lowest BCUT2D eigenvalue weighted by atomic mass is 9.95. The standard InChI is InChI=1S/C14H25N5/c1-5-6-13(17-4)19-9-12(11(7-15)8-16)18-14(2,3)10-19/h5-8,12,15,18H,9-10,16H2,1-4H3/b6-5-,11-8+,15-7?,17-13?. The predicted molar refractivity (Wildman–Crippen MR) is 81.8 cm³/mol. The Bertz CT molecular complexity index is 406. The second-order valence-electron chi connectivity index (χ2n) is 5.35. The Morgan fingerprint density at radius 2 is 2.21 bits per heavy atom. The van der Waals surface area contributed by atoms with E-state index in [9.17, 15) is 0 Å². The van der Waals surface area contributed by atoms with Crippen LogP contribution in [0.25, 0.3) is 0 Å². The third kappa shape index (κ3) is 3.92. The van der Waals surface area contributed by atoms with Gasteiger partial charge in [-0.3, -0.25) is 4.99 Å². The van der Waals surface area contributed by atoms with Crippen molar-refractivity contribution in [3.8, 4) is 0 Å². The zero-order valence-electron chi connectivity index (χ0n) is 12.3. The molecule has 0 radical (unpaired) electrons. The van der Waals surface area contributed by atoms with Gasteiger partial charge < -0.3 is 21.4 Å². The van der Waals surface area contributed by atoms with Gasteiger partial charge in [-0.25, -0.2) is 0 Å². The van der Waals surface area contributed by atoms with E-state index in [-0.39, 0.29) is 11.6 Å². The summed E-state index contributed by atoms with van der Waals surface area (Å²) >= 11 is 0. The first-order valence-electron chi connectivity index (χ1n) is 6.51. The van der Waals surface area contributed by atoms with Crippen molar-refractivity contribution in [2.75, 3.05) is 20.1 Å². The molecule has 1 atom stereocenters. The van der Waals surface area contributed by atoms with Crippen LogP contribution in [-0.4, -0.2) is 48.7 Å². The van der Waals surface area contributed by atoms with E-state index in [1.165, 1.54) is 12.4 Å². The van der Waals surface area contributed by atoms with Crippen molar-refractivity contribution >= 4 is 12.1 Å². The zero-order valence-corrected chi connectivity index (χ0v) is 12.3.